The molecule has 1 saturated carbocycles. The Hall–Kier alpha value is -2.74. The zero-order chi connectivity index (χ0) is 19.1. The molecule has 0 amide bonds. The maximum absolute atomic E-state index is 5.83. The SMILES string of the molecule is CO[C@@H]1C[C@H]2CN(c3ncc4c(ncn4C)n3)C[C@H]2C[C@H]1Nc1ccccn1. The van der Waals surface area contributed by atoms with Crippen molar-refractivity contribution >= 4 is 22.9 Å². The van der Waals surface area contributed by atoms with Crippen LogP contribution in [0.15, 0.2) is 36.9 Å². The normalized spacial score (nSPS) is 27.1. The van der Waals surface area contributed by atoms with Gasteiger partial charge in [-0.1, -0.05) is 6.07 Å². The topological polar surface area (TPSA) is 81.0 Å². The van der Waals surface area contributed by atoms with Crippen LogP contribution in [0.4, 0.5) is 11.8 Å². The molecule has 8 nitrogen and oxygen atoms in total. The fourth-order valence-corrected chi connectivity index (χ4v) is 4.68. The molecule has 2 aliphatic rings. The Morgan fingerprint density at radius 3 is 2.75 bits per heavy atom. The molecule has 146 valence electrons. The van der Waals surface area contributed by atoms with E-state index in [1.165, 1.54) is 0 Å². The van der Waals surface area contributed by atoms with E-state index in [1.54, 1.807) is 6.33 Å². The number of pyridine rings is 1. The molecule has 3 aromatic rings. The van der Waals surface area contributed by atoms with Crippen molar-refractivity contribution in [1.82, 2.24) is 24.5 Å². The molecular formula is C20H25N7O. The third-order valence-electron chi connectivity index (χ3n) is 6.17. The fourth-order valence-electron chi connectivity index (χ4n) is 4.68. The smallest absolute Gasteiger partial charge is 0.227 e. The summed E-state index contributed by atoms with van der Waals surface area (Å²) in [5, 5.41) is 3.58. The van der Waals surface area contributed by atoms with E-state index in [-0.39, 0.29) is 12.1 Å². The van der Waals surface area contributed by atoms with Crippen molar-refractivity contribution in [2.24, 2.45) is 18.9 Å². The van der Waals surface area contributed by atoms with E-state index in [9.17, 15) is 0 Å². The largest absolute Gasteiger partial charge is 0.379 e. The third kappa shape index (κ3) is 3.07. The number of ether oxygens (including phenoxy) is 1. The molecule has 3 aromatic heterocycles. The maximum Gasteiger partial charge on any atom is 0.227 e. The van der Waals surface area contributed by atoms with E-state index in [0.717, 1.165) is 48.9 Å². The number of methoxy groups -OCH3 is 1. The first-order chi connectivity index (χ1) is 13.7. The van der Waals surface area contributed by atoms with Crippen molar-refractivity contribution in [2.45, 2.75) is 25.0 Å². The molecule has 0 aromatic carbocycles. The van der Waals surface area contributed by atoms with Crippen molar-refractivity contribution in [3.63, 3.8) is 0 Å². The first-order valence-corrected chi connectivity index (χ1v) is 9.80. The van der Waals surface area contributed by atoms with Gasteiger partial charge >= 0.3 is 0 Å². The Morgan fingerprint density at radius 2 is 1.96 bits per heavy atom. The summed E-state index contributed by atoms with van der Waals surface area (Å²) in [6, 6.07) is 6.21. The quantitative estimate of drug-likeness (QED) is 0.743. The van der Waals surface area contributed by atoms with E-state index in [2.05, 4.69) is 30.2 Å². The highest BCUT2D eigenvalue weighted by Gasteiger charge is 2.43. The molecule has 1 aliphatic heterocycles. The van der Waals surface area contributed by atoms with Gasteiger partial charge in [-0.15, -0.1) is 0 Å². The molecule has 4 heterocycles. The van der Waals surface area contributed by atoms with Gasteiger partial charge in [-0.2, -0.15) is 4.98 Å². The molecule has 0 bridgehead atoms. The lowest BCUT2D eigenvalue weighted by Gasteiger charge is -2.37. The molecule has 4 atom stereocenters. The van der Waals surface area contributed by atoms with E-state index in [1.807, 2.05) is 49.3 Å². The molecule has 0 radical (unpaired) electrons. The molecule has 0 unspecified atom stereocenters. The van der Waals surface area contributed by atoms with Crippen LogP contribution in [0, 0.1) is 11.8 Å². The van der Waals surface area contributed by atoms with Crippen LogP contribution >= 0.6 is 0 Å². The molecule has 5 rings (SSSR count). The average Bonchev–Trinajstić information content (AvgIpc) is 3.31. The summed E-state index contributed by atoms with van der Waals surface area (Å²) >= 11 is 0. The fraction of sp³-hybridized carbons (Fsp3) is 0.500. The molecule has 1 aliphatic carbocycles. The lowest BCUT2D eigenvalue weighted by molar-refractivity contribution is 0.0305. The summed E-state index contributed by atoms with van der Waals surface area (Å²) in [6.07, 6.45) is 7.75. The van der Waals surface area contributed by atoms with Crippen LogP contribution in [-0.4, -0.2) is 56.8 Å². The van der Waals surface area contributed by atoms with E-state index in [4.69, 9.17) is 4.74 Å². The van der Waals surface area contributed by atoms with Crippen molar-refractivity contribution in [1.29, 1.82) is 0 Å². The van der Waals surface area contributed by atoms with Gasteiger partial charge in [0.25, 0.3) is 0 Å². The van der Waals surface area contributed by atoms with Gasteiger partial charge in [0.2, 0.25) is 5.95 Å². The molecule has 1 saturated heterocycles. The van der Waals surface area contributed by atoms with Gasteiger partial charge in [-0.25, -0.2) is 15.0 Å². The minimum absolute atomic E-state index is 0.183. The summed E-state index contributed by atoms with van der Waals surface area (Å²) in [5.41, 5.74) is 1.71. The van der Waals surface area contributed by atoms with Gasteiger partial charge < -0.3 is 19.5 Å². The van der Waals surface area contributed by atoms with E-state index < -0.39 is 0 Å². The number of rotatable bonds is 4. The van der Waals surface area contributed by atoms with Crippen LogP contribution in [0.1, 0.15) is 12.8 Å². The van der Waals surface area contributed by atoms with Crippen molar-refractivity contribution in [2.75, 3.05) is 30.4 Å². The number of hydrogen-bond donors (Lipinski definition) is 1. The van der Waals surface area contributed by atoms with Gasteiger partial charge in [-0.05, 0) is 36.8 Å². The Kier molecular flexibility index (Phi) is 4.35. The Bertz CT molecular complexity index is 960. The number of anilines is 2. The Labute approximate surface area is 164 Å². The molecule has 8 heteroatoms. The Morgan fingerprint density at radius 1 is 1.11 bits per heavy atom. The minimum atomic E-state index is 0.183. The lowest BCUT2D eigenvalue weighted by Crippen LogP contribution is -2.44. The van der Waals surface area contributed by atoms with Gasteiger partial charge in [0.1, 0.15) is 11.3 Å². The van der Waals surface area contributed by atoms with Crippen LogP contribution in [0.3, 0.4) is 0 Å². The first-order valence-electron chi connectivity index (χ1n) is 9.80. The first kappa shape index (κ1) is 17.4. The summed E-state index contributed by atoms with van der Waals surface area (Å²) < 4.78 is 7.78. The highest BCUT2D eigenvalue weighted by Crippen LogP contribution is 2.39. The van der Waals surface area contributed by atoms with Crippen molar-refractivity contribution in [3.05, 3.63) is 36.9 Å². The van der Waals surface area contributed by atoms with Crippen LogP contribution in [0.25, 0.3) is 11.2 Å². The number of aryl methyl sites for hydroxylation is 1. The van der Waals surface area contributed by atoms with Crippen LogP contribution < -0.4 is 10.2 Å². The van der Waals surface area contributed by atoms with E-state index >= 15 is 0 Å². The molecule has 28 heavy (non-hydrogen) atoms. The molecular weight excluding hydrogens is 354 g/mol. The highest BCUT2D eigenvalue weighted by atomic mass is 16.5. The second kappa shape index (κ2) is 7.01. The second-order valence-electron chi connectivity index (χ2n) is 7.87. The summed E-state index contributed by atoms with van der Waals surface area (Å²) in [5.74, 6) is 2.88. The standard InChI is InChI=1S/C20H25N7O/c1-26-12-23-19-16(26)9-22-20(25-19)27-10-13-7-15(17(28-2)8-14(13)11-27)24-18-5-3-4-6-21-18/h3-6,9,12-15,17H,7-8,10-11H2,1-2H3,(H,21,24)/t13-,14+,15-,17-/m1/s1. The van der Waals surface area contributed by atoms with Crippen molar-refractivity contribution in [3.8, 4) is 0 Å². The van der Waals surface area contributed by atoms with Gasteiger partial charge in [0.05, 0.1) is 24.7 Å². The lowest BCUT2D eigenvalue weighted by atomic mass is 9.77. The number of imidazole rings is 1. The zero-order valence-corrected chi connectivity index (χ0v) is 16.2. The van der Waals surface area contributed by atoms with Gasteiger partial charge in [-0.3, -0.25) is 0 Å². The van der Waals surface area contributed by atoms with E-state index in [0.29, 0.717) is 11.8 Å². The summed E-state index contributed by atoms with van der Waals surface area (Å²) in [4.78, 5) is 20.4. The number of aromatic nitrogens is 5. The molecule has 1 N–H and O–H groups in total. The van der Waals surface area contributed by atoms with Crippen LogP contribution in [0.5, 0.6) is 0 Å². The van der Waals surface area contributed by atoms with Crippen LogP contribution in [0.2, 0.25) is 0 Å². The molecule has 2 fully saturated rings. The van der Waals surface area contributed by atoms with Crippen LogP contribution in [-0.2, 0) is 11.8 Å². The highest BCUT2D eigenvalue weighted by molar-refractivity contribution is 5.71. The number of nitrogens with one attached hydrogen (secondary N) is 1. The number of nitrogens with zero attached hydrogens (tertiary/aromatic N) is 6. The maximum atomic E-state index is 5.83. The predicted molar refractivity (Wildman–Crippen MR) is 107 cm³/mol. The Balaban J connectivity index is 1.33. The second-order valence-corrected chi connectivity index (χ2v) is 7.87. The van der Waals surface area contributed by atoms with Gasteiger partial charge in [0, 0.05) is 33.4 Å². The summed E-state index contributed by atoms with van der Waals surface area (Å²) in [6.45, 7) is 1.94. The summed E-state index contributed by atoms with van der Waals surface area (Å²) in [7, 11) is 3.77. The zero-order valence-electron chi connectivity index (χ0n) is 16.2. The van der Waals surface area contributed by atoms with Gasteiger partial charge in [0.15, 0.2) is 5.65 Å². The predicted octanol–water partition coefficient (Wildman–Crippen LogP) is 2.10. The number of hydrogen-bond acceptors (Lipinski definition) is 7. The van der Waals surface area contributed by atoms with Crippen molar-refractivity contribution < 1.29 is 4.74 Å². The average molecular weight is 379 g/mol. The minimum Gasteiger partial charge on any atom is -0.379 e. The molecule has 0 spiro atoms. The number of fused-ring (bicyclic) bond motifs is 2. The monoisotopic (exact) mass is 379 g/mol. The third-order valence-corrected chi connectivity index (χ3v) is 6.17.